The standard InChI is InChI=1S/C17H17BrF2/c1-2-3-5-12-8-10-13(11-9-12)17(18)16-14(19)6-4-7-15(16)20/h4,6-11,17H,2-3,5H2,1H3. The largest absolute Gasteiger partial charge is 0.207 e. The number of unbranched alkanes of at least 4 members (excludes halogenated alkanes) is 1. The maximum atomic E-state index is 13.8. The third kappa shape index (κ3) is 3.45. The number of hydrogen-bond donors (Lipinski definition) is 0. The topological polar surface area (TPSA) is 0 Å². The zero-order chi connectivity index (χ0) is 14.5. The summed E-state index contributed by atoms with van der Waals surface area (Å²) in [6.07, 6.45) is 3.35. The third-order valence-corrected chi connectivity index (χ3v) is 4.33. The molecule has 0 saturated carbocycles. The van der Waals surface area contributed by atoms with Crippen molar-refractivity contribution in [3.05, 3.63) is 70.8 Å². The highest BCUT2D eigenvalue weighted by atomic mass is 79.9. The Morgan fingerprint density at radius 1 is 1.00 bits per heavy atom. The van der Waals surface area contributed by atoms with E-state index in [1.165, 1.54) is 23.8 Å². The molecule has 0 N–H and O–H groups in total. The fourth-order valence-electron chi connectivity index (χ4n) is 2.15. The molecule has 2 rings (SSSR count). The van der Waals surface area contributed by atoms with Gasteiger partial charge in [-0.05, 0) is 36.1 Å². The summed E-state index contributed by atoms with van der Waals surface area (Å²) < 4.78 is 27.5. The van der Waals surface area contributed by atoms with Gasteiger partial charge in [0, 0.05) is 5.56 Å². The molecule has 0 amide bonds. The van der Waals surface area contributed by atoms with Crippen LogP contribution in [0.3, 0.4) is 0 Å². The minimum absolute atomic E-state index is 0.0637. The molecule has 0 nitrogen and oxygen atoms in total. The molecule has 0 saturated heterocycles. The zero-order valence-corrected chi connectivity index (χ0v) is 13.0. The minimum Gasteiger partial charge on any atom is -0.207 e. The van der Waals surface area contributed by atoms with Crippen molar-refractivity contribution in [1.82, 2.24) is 0 Å². The van der Waals surface area contributed by atoms with Crippen LogP contribution >= 0.6 is 15.9 Å². The summed E-state index contributed by atoms with van der Waals surface area (Å²) in [5.41, 5.74) is 2.17. The van der Waals surface area contributed by atoms with E-state index in [1.54, 1.807) is 0 Å². The average molecular weight is 339 g/mol. The maximum Gasteiger partial charge on any atom is 0.130 e. The molecule has 3 heteroatoms. The summed E-state index contributed by atoms with van der Waals surface area (Å²) in [5, 5.41) is 0. The lowest BCUT2D eigenvalue weighted by Crippen LogP contribution is -2.00. The van der Waals surface area contributed by atoms with E-state index in [0.717, 1.165) is 24.8 Å². The first-order valence-corrected chi connectivity index (χ1v) is 7.72. The van der Waals surface area contributed by atoms with Crippen LogP contribution in [0.2, 0.25) is 0 Å². The van der Waals surface area contributed by atoms with Crippen molar-refractivity contribution in [3.63, 3.8) is 0 Å². The Bertz CT molecular complexity index is 543. The van der Waals surface area contributed by atoms with Crippen LogP contribution in [-0.4, -0.2) is 0 Å². The van der Waals surface area contributed by atoms with Crippen LogP contribution in [0.1, 0.15) is 41.3 Å². The van der Waals surface area contributed by atoms with Crippen molar-refractivity contribution >= 4 is 15.9 Å². The monoisotopic (exact) mass is 338 g/mol. The zero-order valence-electron chi connectivity index (χ0n) is 11.4. The molecule has 2 aromatic carbocycles. The van der Waals surface area contributed by atoms with Gasteiger partial charge in [0.2, 0.25) is 0 Å². The van der Waals surface area contributed by atoms with E-state index in [2.05, 4.69) is 22.9 Å². The summed E-state index contributed by atoms with van der Waals surface area (Å²) in [5.74, 6) is -1.05. The van der Waals surface area contributed by atoms with Gasteiger partial charge in [-0.1, -0.05) is 59.6 Å². The van der Waals surface area contributed by atoms with E-state index in [-0.39, 0.29) is 5.56 Å². The second-order valence-electron chi connectivity index (χ2n) is 4.84. The van der Waals surface area contributed by atoms with E-state index >= 15 is 0 Å². The van der Waals surface area contributed by atoms with Gasteiger partial charge in [-0.25, -0.2) is 8.78 Å². The van der Waals surface area contributed by atoms with Gasteiger partial charge in [-0.2, -0.15) is 0 Å². The van der Waals surface area contributed by atoms with E-state index < -0.39 is 16.5 Å². The third-order valence-electron chi connectivity index (χ3n) is 3.34. The highest BCUT2D eigenvalue weighted by molar-refractivity contribution is 9.09. The van der Waals surface area contributed by atoms with Crippen LogP contribution in [0.5, 0.6) is 0 Å². The fraction of sp³-hybridized carbons (Fsp3) is 0.294. The Morgan fingerprint density at radius 3 is 2.15 bits per heavy atom. The summed E-state index contributed by atoms with van der Waals surface area (Å²) in [6, 6.07) is 11.8. The molecule has 0 aromatic heterocycles. The second-order valence-corrected chi connectivity index (χ2v) is 5.76. The van der Waals surface area contributed by atoms with Crippen LogP contribution in [0.4, 0.5) is 8.78 Å². The first-order chi connectivity index (χ1) is 9.63. The van der Waals surface area contributed by atoms with Crippen molar-refractivity contribution in [3.8, 4) is 0 Å². The van der Waals surface area contributed by atoms with Gasteiger partial charge in [0.05, 0.1) is 4.83 Å². The number of rotatable bonds is 5. The van der Waals surface area contributed by atoms with E-state index in [9.17, 15) is 8.78 Å². The minimum atomic E-state index is -0.526. The first kappa shape index (κ1) is 15.2. The van der Waals surface area contributed by atoms with Gasteiger partial charge in [0.1, 0.15) is 11.6 Å². The molecule has 106 valence electrons. The lowest BCUT2D eigenvalue weighted by atomic mass is 10.0. The van der Waals surface area contributed by atoms with Gasteiger partial charge >= 0.3 is 0 Å². The van der Waals surface area contributed by atoms with Crippen LogP contribution in [0.15, 0.2) is 42.5 Å². The van der Waals surface area contributed by atoms with E-state index in [1.807, 2.05) is 24.3 Å². The fourth-order valence-corrected chi connectivity index (χ4v) is 2.90. The first-order valence-electron chi connectivity index (χ1n) is 6.80. The predicted molar refractivity (Wildman–Crippen MR) is 82.2 cm³/mol. The number of benzene rings is 2. The molecule has 0 spiro atoms. The molecule has 0 radical (unpaired) electrons. The second kappa shape index (κ2) is 6.98. The van der Waals surface area contributed by atoms with Gasteiger partial charge in [-0.15, -0.1) is 0 Å². The summed E-state index contributed by atoms with van der Waals surface area (Å²) in [7, 11) is 0. The number of alkyl halides is 1. The van der Waals surface area contributed by atoms with Gasteiger partial charge in [0.15, 0.2) is 0 Å². The van der Waals surface area contributed by atoms with Gasteiger partial charge in [0.25, 0.3) is 0 Å². The molecule has 0 heterocycles. The van der Waals surface area contributed by atoms with Crippen molar-refractivity contribution in [2.75, 3.05) is 0 Å². The number of hydrogen-bond acceptors (Lipinski definition) is 0. The summed E-state index contributed by atoms with van der Waals surface area (Å²) >= 11 is 3.39. The number of halogens is 3. The molecule has 0 fully saturated rings. The highest BCUT2D eigenvalue weighted by Crippen LogP contribution is 2.34. The predicted octanol–water partition coefficient (Wildman–Crippen LogP) is 5.79. The normalized spacial score (nSPS) is 12.4. The van der Waals surface area contributed by atoms with Crippen LogP contribution < -0.4 is 0 Å². The molecule has 1 atom stereocenters. The summed E-state index contributed by atoms with van der Waals surface area (Å²) in [4.78, 5) is -0.469. The lowest BCUT2D eigenvalue weighted by Gasteiger charge is -2.13. The quantitative estimate of drug-likeness (QED) is 0.605. The molecule has 0 aliphatic rings. The molecular formula is C17H17BrF2. The van der Waals surface area contributed by atoms with Gasteiger partial charge < -0.3 is 0 Å². The highest BCUT2D eigenvalue weighted by Gasteiger charge is 2.18. The number of aryl methyl sites for hydroxylation is 1. The summed E-state index contributed by atoms with van der Waals surface area (Å²) in [6.45, 7) is 2.16. The Morgan fingerprint density at radius 2 is 1.60 bits per heavy atom. The molecule has 1 unspecified atom stereocenters. The molecular weight excluding hydrogens is 322 g/mol. The Labute approximate surface area is 127 Å². The average Bonchev–Trinajstić information content (AvgIpc) is 2.45. The molecule has 0 bridgehead atoms. The van der Waals surface area contributed by atoms with E-state index in [0.29, 0.717) is 0 Å². The molecule has 0 aliphatic heterocycles. The maximum absolute atomic E-state index is 13.8. The van der Waals surface area contributed by atoms with Gasteiger partial charge in [-0.3, -0.25) is 0 Å². The van der Waals surface area contributed by atoms with E-state index in [4.69, 9.17) is 0 Å². The molecule has 2 aromatic rings. The van der Waals surface area contributed by atoms with Crippen molar-refractivity contribution in [2.24, 2.45) is 0 Å². The Hall–Kier alpha value is -1.22. The SMILES string of the molecule is CCCCc1ccc(C(Br)c2c(F)cccc2F)cc1. The van der Waals surface area contributed by atoms with Crippen LogP contribution in [0.25, 0.3) is 0 Å². The Balaban J connectivity index is 2.23. The molecule has 20 heavy (non-hydrogen) atoms. The van der Waals surface area contributed by atoms with Crippen molar-refractivity contribution < 1.29 is 8.78 Å². The smallest absolute Gasteiger partial charge is 0.130 e. The molecule has 0 aliphatic carbocycles. The lowest BCUT2D eigenvalue weighted by molar-refractivity contribution is 0.561. The van der Waals surface area contributed by atoms with Crippen LogP contribution in [0, 0.1) is 11.6 Å². The van der Waals surface area contributed by atoms with Crippen LogP contribution in [-0.2, 0) is 6.42 Å². The van der Waals surface area contributed by atoms with Crippen molar-refractivity contribution in [1.29, 1.82) is 0 Å². The Kier molecular flexibility index (Phi) is 5.30. The van der Waals surface area contributed by atoms with Crippen molar-refractivity contribution in [2.45, 2.75) is 31.0 Å².